The number of thiazole rings is 1. The lowest BCUT2D eigenvalue weighted by Gasteiger charge is -2.11. The Morgan fingerprint density at radius 2 is 1.85 bits per heavy atom. The first-order valence-electron chi connectivity index (χ1n) is 11.7. The zero-order chi connectivity index (χ0) is 24.6. The van der Waals surface area contributed by atoms with Crippen LogP contribution in [0.5, 0.6) is 0 Å². The van der Waals surface area contributed by atoms with Crippen molar-refractivity contribution in [3.8, 4) is 16.9 Å². The highest BCUT2D eigenvalue weighted by Crippen LogP contribution is 2.24. The van der Waals surface area contributed by atoms with Gasteiger partial charge in [0.1, 0.15) is 5.69 Å². The second-order valence-corrected chi connectivity index (χ2v) is 9.94. The maximum Gasteiger partial charge on any atom is 0.268 e. The minimum Gasteiger partial charge on any atom is -0.353 e. The number of nitrogens with zero attached hydrogens (tertiary/aromatic N) is 4. The fraction of sp³-hybridized carbons (Fsp3) is 0.385. The first kappa shape index (κ1) is 23.9. The Hall–Kier alpha value is -3.26. The van der Waals surface area contributed by atoms with Gasteiger partial charge in [-0.3, -0.25) is 14.0 Å². The van der Waals surface area contributed by atoms with Crippen molar-refractivity contribution in [1.82, 2.24) is 24.5 Å². The van der Waals surface area contributed by atoms with Crippen LogP contribution in [0.1, 0.15) is 62.7 Å². The normalized spacial score (nSPS) is 12.4. The Bertz CT molecular complexity index is 1400. The molecule has 0 saturated heterocycles. The van der Waals surface area contributed by atoms with E-state index in [-0.39, 0.29) is 23.9 Å². The number of benzene rings is 1. The fourth-order valence-corrected chi connectivity index (χ4v) is 4.90. The first-order chi connectivity index (χ1) is 16.2. The summed E-state index contributed by atoms with van der Waals surface area (Å²) < 4.78 is 3.40. The van der Waals surface area contributed by atoms with Gasteiger partial charge >= 0.3 is 0 Å². The number of amides is 1. The Morgan fingerprint density at radius 1 is 1.15 bits per heavy atom. The van der Waals surface area contributed by atoms with Crippen LogP contribution in [0.3, 0.4) is 0 Å². The second-order valence-electron chi connectivity index (χ2n) is 9.10. The molecule has 178 valence electrons. The number of hydrogen-bond acceptors (Lipinski definition) is 5. The van der Waals surface area contributed by atoms with E-state index in [1.165, 1.54) is 16.9 Å². The Labute approximate surface area is 203 Å². The molecular formula is C26H31N5O2S. The predicted molar refractivity (Wildman–Crippen MR) is 137 cm³/mol. The molecule has 0 saturated carbocycles. The lowest BCUT2D eigenvalue weighted by molar-refractivity contribution is -0.121. The minimum absolute atomic E-state index is 0.0894. The Balaban J connectivity index is 1.74. The van der Waals surface area contributed by atoms with E-state index >= 15 is 0 Å². The molecule has 0 aliphatic carbocycles. The van der Waals surface area contributed by atoms with Gasteiger partial charge in [-0.1, -0.05) is 32.9 Å². The lowest BCUT2D eigenvalue weighted by Crippen LogP contribution is -2.34. The van der Waals surface area contributed by atoms with E-state index in [9.17, 15) is 9.59 Å². The van der Waals surface area contributed by atoms with Crippen molar-refractivity contribution in [3.63, 3.8) is 0 Å². The topological polar surface area (TPSA) is 81.3 Å². The van der Waals surface area contributed by atoms with Gasteiger partial charge in [0.25, 0.3) is 5.56 Å². The van der Waals surface area contributed by atoms with Crippen molar-refractivity contribution in [2.45, 2.75) is 66.3 Å². The summed E-state index contributed by atoms with van der Waals surface area (Å²) in [5.74, 6) is 0.351. The van der Waals surface area contributed by atoms with Gasteiger partial charge in [0.15, 0.2) is 4.96 Å². The number of hydrogen-bond donors (Lipinski definition) is 1. The number of carbonyl (C=O) groups is 1. The maximum absolute atomic E-state index is 13.6. The monoisotopic (exact) mass is 477 g/mol. The molecule has 8 heteroatoms. The van der Waals surface area contributed by atoms with E-state index < -0.39 is 0 Å². The molecule has 3 heterocycles. The van der Waals surface area contributed by atoms with Gasteiger partial charge in [-0.05, 0) is 56.9 Å². The summed E-state index contributed by atoms with van der Waals surface area (Å²) in [5.41, 5.74) is 5.24. The van der Waals surface area contributed by atoms with Crippen LogP contribution < -0.4 is 10.9 Å². The highest BCUT2D eigenvalue weighted by molar-refractivity contribution is 7.15. The fourth-order valence-electron chi connectivity index (χ4n) is 3.98. The smallest absolute Gasteiger partial charge is 0.268 e. The number of fused-ring (bicyclic) bond motifs is 1. The molecule has 7 nitrogen and oxygen atoms in total. The molecule has 1 N–H and O–H groups in total. The van der Waals surface area contributed by atoms with Gasteiger partial charge in [-0.25, -0.2) is 9.67 Å². The standard InChI is InChI=1S/C26H31N5O2S/c1-7-16(4)27-23(32)13-21-14-34-26-28-18(6)24(25(33)30(21)26)22-12-17(5)31(29-22)20-10-8-19(9-11-20)15(2)3/h8-12,14-16H,7,13H2,1-6H3,(H,27,32)/t16-/m1/s1. The molecule has 0 aliphatic heterocycles. The summed E-state index contributed by atoms with van der Waals surface area (Å²) in [6.45, 7) is 12.1. The van der Waals surface area contributed by atoms with Gasteiger partial charge < -0.3 is 5.32 Å². The summed E-state index contributed by atoms with van der Waals surface area (Å²) in [7, 11) is 0. The summed E-state index contributed by atoms with van der Waals surface area (Å²) in [4.78, 5) is 31.3. The van der Waals surface area contributed by atoms with E-state index in [2.05, 4.69) is 36.3 Å². The highest BCUT2D eigenvalue weighted by atomic mass is 32.1. The minimum atomic E-state index is -0.199. The molecule has 1 aromatic carbocycles. The maximum atomic E-state index is 13.6. The van der Waals surface area contributed by atoms with Gasteiger partial charge in [0, 0.05) is 22.8 Å². The van der Waals surface area contributed by atoms with E-state index in [0.29, 0.717) is 33.5 Å². The van der Waals surface area contributed by atoms with Crippen LogP contribution in [-0.2, 0) is 11.2 Å². The van der Waals surface area contributed by atoms with Crippen LogP contribution in [0.15, 0.2) is 40.5 Å². The average molecular weight is 478 g/mol. The van der Waals surface area contributed by atoms with Gasteiger partial charge in [0.2, 0.25) is 5.91 Å². The summed E-state index contributed by atoms with van der Waals surface area (Å²) in [5, 5.41) is 9.57. The number of rotatable bonds is 7. The molecule has 1 amide bonds. The number of aryl methyl sites for hydroxylation is 2. The molecule has 0 bridgehead atoms. The summed E-state index contributed by atoms with van der Waals surface area (Å²) in [6, 6.07) is 10.3. The predicted octanol–water partition coefficient (Wildman–Crippen LogP) is 4.81. The van der Waals surface area contributed by atoms with Crippen LogP contribution in [0.25, 0.3) is 21.9 Å². The summed E-state index contributed by atoms with van der Waals surface area (Å²) >= 11 is 1.37. The molecular weight excluding hydrogens is 446 g/mol. The number of nitrogens with one attached hydrogen (secondary N) is 1. The van der Waals surface area contributed by atoms with E-state index in [1.54, 1.807) is 4.40 Å². The van der Waals surface area contributed by atoms with Crippen molar-refractivity contribution in [2.75, 3.05) is 0 Å². The van der Waals surface area contributed by atoms with Crippen molar-refractivity contribution >= 4 is 22.2 Å². The van der Waals surface area contributed by atoms with Crippen LogP contribution >= 0.6 is 11.3 Å². The average Bonchev–Trinajstić information content (AvgIpc) is 3.36. The Kier molecular flexibility index (Phi) is 6.70. The molecule has 1 atom stereocenters. The first-order valence-corrected chi connectivity index (χ1v) is 12.5. The van der Waals surface area contributed by atoms with Crippen LogP contribution in [0, 0.1) is 13.8 Å². The van der Waals surface area contributed by atoms with Gasteiger partial charge in [0.05, 0.1) is 23.4 Å². The summed E-state index contributed by atoms with van der Waals surface area (Å²) in [6.07, 6.45) is 0.979. The lowest BCUT2D eigenvalue weighted by atomic mass is 10.0. The third-order valence-electron chi connectivity index (χ3n) is 6.13. The molecule has 0 spiro atoms. The number of aromatic nitrogens is 4. The quantitative estimate of drug-likeness (QED) is 0.414. The molecule has 4 rings (SSSR count). The van der Waals surface area contributed by atoms with Gasteiger partial charge in [-0.15, -0.1) is 11.3 Å². The van der Waals surface area contributed by atoms with E-state index in [0.717, 1.165) is 17.8 Å². The van der Waals surface area contributed by atoms with Crippen molar-refractivity contribution in [1.29, 1.82) is 0 Å². The molecule has 0 radical (unpaired) electrons. The highest BCUT2D eigenvalue weighted by Gasteiger charge is 2.20. The second kappa shape index (κ2) is 9.54. The van der Waals surface area contributed by atoms with Crippen molar-refractivity contribution in [2.24, 2.45) is 0 Å². The van der Waals surface area contributed by atoms with Crippen LogP contribution in [-0.4, -0.2) is 31.1 Å². The third kappa shape index (κ3) is 4.55. The largest absolute Gasteiger partial charge is 0.353 e. The molecule has 0 aliphatic rings. The van der Waals surface area contributed by atoms with Crippen LogP contribution in [0.4, 0.5) is 0 Å². The molecule has 0 fully saturated rings. The number of carbonyl (C=O) groups excluding carboxylic acids is 1. The third-order valence-corrected chi connectivity index (χ3v) is 7.00. The molecule has 34 heavy (non-hydrogen) atoms. The van der Waals surface area contributed by atoms with Gasteiger partial charge in [-0.2, -0.15) is 5.10 Å². The SMILES string of the molecule is CC[C@@H](C)NC(=O)Cc1csc2nc(C)c(-c3cc(C)n(-c4ccc(C(C)C)cc4)n3)c(=O)n12. The van der Waals surface area contributed by atoms with Crippen molar-refractivity contribution in [3.05, 3.63) is 68.7 Å². The van der Waals surface area contributed by atoms with E-state index in [4.69, 9.17) is 5.10 Å². The molecule has 0 unspecified atom stereocenters. The van der Waals surface area contributed by atoms with Crippen molar-refractivity contribution < 1.29 is 4.79 Å². The zero-order valence-corrected chi connectivity index (χ0v) is 21.4. The Morgan fingerprint density at radius 3 is 2.50 bits per heavy atom. The molecule has 4 aromatic rings. The molecule has 3 aromatic heterocycles. The van der Waals surface area contributed by atoms with E-state index in [1.807, 2.05) is 56.0 Å². The zero-order valence-electron chi connectivity index (χ0n) is 20.5. The van der Waals surface area contributed by atoms with Crippen LogP contribution in [0.2, 0.25) is 0 Å².